The van der Waals surface area contributed by atoms with E-state index in [0.29, 0.717) is 17.1 Å². The Labute approximate surface area is 150 Å². The second-order valence-electron chi connectivity index (χ2n) is 6.32. The minimum absolute atomic E-state index is 0.0889. The van der Waals surface area contributed by atoms with E-state index in [9.17, 15) is 14.0 Å². The van der Waals surface area contributed by atoms with E-state index in [2.05, 4.69) is 10.6 Å². The van der Waals surface area contributed by atoms with Crippen LogP contribution in [0.2, 0.25) is 0 Å². The summed E-state index contributed by atoms with van der Waals surface area (Å²) >= 11 is 0. The van der Waals surface area contributed by atoms with Gasteiger partial charge >= 0.3 is 5.63 Å². The Bertz CT molecular complexity index is 872. The molecule has 1 aromatic carbocycles. The van der Waals surface area contributed by atoms with Crippen LogP contribution in [0.4, 0.5) is 10.1 Å². The number of ether oxygens (including phenoxy) is 1. The number of amides is 1. The van der Waals surface area contributed by atoms with Crippen molar-refractivity contribution in [3.8, 4) is 5.75 Å². The fourth-order valence-electron chi connectivity index (χ4n) is 3.18. The summed E-state index contributed by atoms with van der Waals surface area (Å²) in [5.41, 5.74) is -0.0956. The van der Waals surface area contributed by atoms with Gasteiger partial charge in [0.2, 0.25) is 0 Å². The van der Waals surface area contributed by atoms with Crippen molar-refractivity contribution in [3.63, 3.8) is 0 Å². The van der Waals surface area contributed by atoms with Gasteiger partial charge in [0.15, 0.2) is 0 Å². The number of nitrogens with one attached hydrogen (secondary N) is 2. The van der Waals surface area contributed by atoms with E-state index in [1.54, 1.807) is 13.0 Å². The molecule has 7 heteroatoms. The number of rotatable bonds is 4. The largest absolute Gasteiger partial charge is 0.495 e. The Morgan fingerprint density at radius 3 is 2.69 bits per heavy atom. The number of carbonyl (C=O) groups excluding carboxylic acids is 1. The van der Waals surface area contributed by atoms with Crippen molar-refractivity contribution in [1.29, 1.82) is 0 Å². The first-order chi connectivity index (χ1) is 12.5. The minimum atomic E-state index is -0.689. The van der Waals surface area contributed by atoms with Crippen molar-refractivity contribution in [2.75, 3.05) is 25.5 Å². The predicted molar refractivity (Wildman–Crippen MR) is 95.5 cm³/mol. The fraction of sp³-hybridized carbons (Fsp3) is 0.368. The van der Waals surface area contributed by atoms with Gasteiger partial charge in [-0.2, -0.15) is 0 Å². The average Bonchev–Trinajstić information content (AvgIpc) is 2.62. The highest BCUT2D eigenvalue weighted by atomic mass is 19.1. The molecule has 0 atom stereocenters. The number of piperidine rings is 1. The molecule has 0 radical (unpaired) electrons. The van der Waals surface area contributed by atoms with E-state index in [1.807, 2.05) is 0 Å². The van der Waals surface area contributed by atoms with E-state index < -0.39 is 17.3 Å². The average molecular weight is 360 g/mol. The third-order valence-corrected chi connectivity index (χ3v) is 4.55. The standard InChI is InChI=1S/C19H21FN2O4/c1-11-9-16(12-5-7-21-8-6-12)26-19(24)17(11)18(23)22-14-10-13(20)3-4-15(14)25-2/h3-4,9-10,12,21H,5-8H2,1-2H3,(H,22,23). The summed E-state index contributed by atoms with van der Waals surface area (Å²) in [4.78, 5) is 25.0. The Morgan fingerprint density at radius 1 is 1.31 bits per heavy atom. The van der Waals surface area contributed by atoms with Crippen LogP contribution in [0.1, 0.15) is 40.4 Å². The highest BCUT2D eigenvalue weighted by Gasteiger charge is 2.23. The Balaban J connectivity index is 1.88. The van der Waals surface area contributed by atoms with Gasteiger partial charge in [-0.15, -0.1) is 0 Å². The molecule has 0 aliphatic carbocycles. The van der Waals surface area contributed by atoms with E-state index in [0.717, 1.165) is 32.0 Å². The highest BCUT2D eigenvalue weighted by Crippen LogP contribution is 2.27. The number of aryl methyl sites for hydroxylation is 1. The third kappa shape index (κ3) is 3.77. The van der Waals surface area contributed by atoms with Crippen LogP contribution < -0.4 is 21.0 Å². The Morgan fingerprint density at radius 2 is 2.04 bits per heavy atom. The van der Waals surface area contributed by atoms with Crippen LogP contribution in [0.15, 0.2) is 33.5 Å². The van der Waals surface area contributed by atoms with Crippen LogP contribution in [-0.2, 0) is 0 Å². The molecule has 0 spiro atoms. The lowest BCUT2D eigenvalue weighted by molar-refractivity contribution is 0.102. The number of hydrogen-bond donors (Lipinski definition) is 2. The summed E-state index contributed by atoms with van der Waals surface area (Å²) in [7, 11) is 1.41. The SMILES string of the molecule is COc1ccc(F)cc1NC(=O)c1c(C)cc(C2CCNCC2)oc1=O. The molecule has 0 saturated carbocycles. The van der Waals surface area contributed by atoms with Crippen LogP contribution in [0.3, 0.4) is 0 Å². The zero-order valence-electron chi connectivity index (χ0n) is 14.7. The van der Waals surface area contributed by atoms with Crippen molar-refractivity contribution in [2.45, 2.75) is 25.7 Å². The van der Waals surface area contributed by atoms with Crippen LogP contribution in [-0.4, -0.2) is 26.1 Å². The van der Waals surface area contributed by atoms with Crippen LogP contribution in [0.5, 0.6) is 5.75 Å². The van der Waals surface area contributed by atoms with Crippen molar-refractivity contribution >= 4 is 11.6 Å². The summed E-state index contributed by atoms with van der Waals surface area (Å²) in [6, 6.07) is 5.51. The van der Waals surface area contributed by atoms with E-state index in [4.69, 9.17) is 9.15 Å². The van der Waals surface area contributed by atoms with E-state index >= 15 is 0 Å². The number of hydrogen-bond acceptors (Lipinski definition) is 5. The first-order valence-electron chi connectivity index (χ1n) is 8.50. The first kappa shape index (κ1) is 18.1. The van der Waals surface area contributed by atoms with E-state index in [1.165, 1.54) is 19.2 Å². The molecule has 1 fully saturated rings. The fourth-order valence-corrected chi connectivity index (χ4v) is 3.18. The number of benzene rings is 1. The summed E-state index contributed by atoms with van der Waals surface area (Å²) in [5, 5.41) is 5.78. The molecule has 1 aromatic heterocycles. The van der Waals surface area contributed by atoms with Crippen LogP contribution >= 0.6 is 0 Å². The molecule has 6 nitrogen and oxygen atoms in total. The lowest BCUT2D eigenvalue weighted by atomic mass is 9.94. The Kier molecular flexibility index (Phi) is 5.37. The maximum Gasteiger partial charge on any atom is 0.349 e. The van der Waals surface area contributed by atoms with Gasteiger partial charge in [0.05, 0.1) is 12.8 Å². The second-order valence-corrected chi connectivity index (χ2v) is 6.32. The van der Waals surface area contributed by atoms with Gasteiger partial charge in [-0.05, 0) is 56.6 Å². The summed E-state index contributed by atoms with van der Waals surface area (Å²) < 4.78 is 24.0. The van der Waals surface area contributed by atoms with Crippen molar-refractivity contribution in [3.05, 3.63) is 57.4 Å². The molecule has 1 saturated heterocycles. The number of halogens is 1. The first-order valence-corrected chi connectivity index (χ1v) is 8.50. The zero-order chi connectivity index (χ0) is 18.7. The second kappa shape index (κ2) is 7.70. The summed E-state index contributed by atoms with van der Waals surface area (Å²) in [5.74, 6) is -0.104. The molecule has 0 bridgehead atoms. The molecule has 2 aromatic rings. The van der Waals surface area contributed by atoms with Gasteiger partial charge in [-0.3, -0.25) is 4.79 Å². The molecular weight excluding hydrogens is 339 g/mol. The van der Waals surface area contributed by atoms with E-state index in [-0.39, 0.29) is 17.2 Å². The topological polar surface area (TPSA) is 80.6 Å². The monoisotopic (exact) mass is 360 g/mol. The smallest absolute Gasteiger partial charge is 0.349 e. The predicted octanol–water partition coefficient (Wildman–Crippen LogP) is 2.82. The molecule has 0 unspecified atom stereocenters. The lowest BCUT2D eigenvalue weighted by Crippen LogP contribution is -2.28. The third-order valence-electron chi connectivity index (χ3n) is 4.55. The molecule has 1 aliphatic rings. The quantitative estimate of drug-likeness (QED) is 0.876. The van der Waals surface area contributed by atoms with Gasteiger partial charge in [0, 0.05) is 12.0 Å². The molecule has 26 heavy (non-hydrogen) atoms. The summed E-state index contributed by atoms with van der Waals surface area (Å²) in [6.45, 7) is 3.43. The normalized spacial score (nSPS) is 14.9. The van der Waals surface area contributed by atoms with Crippen LogP contribution in [0.25, 0.3) is 0 Å². The minimum Gasteiger partial charge on any atom is -0.495 e. The van der Waals surface area contributed by atoms with Gasteiger partial charge in [0.25, 0.3) is 5.91 Å². The van der Waals surface area contributed by atoms with Gasteiger partial charge in [0.1, 0.15) is 22.9 Å². The highest BCUT2D eigenvalue weighted by molar-refractivity contribution is 6.05. The molecular formula is C19H21FN2O4. The van der Waals surface area contributed by atoms with Crippen molar-refractivity contribution in [1.82, 2.24) is 5.32 Å². The number of anilines is 1. The molecule has 2 N–H and O–H groups in total. The van der Waals surface area contributed by atoms with Crippen molar-refractivity contribution in [2.24, 2.45) is 0 Å². The molecule has 2 heterocycles. The maximum atomic E-state index is 13.5. The number of carbonyl (C=O) groups is 1. The summed E-state index contributed by atoms with van der Waals surface area (Å²) in [6.07, 6.45) is 1.77. The zero-order valence-corrected chi connectivity index (χ0v) is 14.7. The molecule has 1 aliphatic heterocycles. The van der Waals surface area contributed by atoms with Gasteiger partial charge in [-0.1, -0.05) is 0 Å². The van der Waals surface area contributed by atoms with Crippen molar-refractivity contribution < 1.29 is 18.3 Å². The molecule has 138 valence electrons. The van der Waals surface area contributed by atoms with Gasteiger partial charge in [-0.25, -0.2) is 9.18 Å². The molecule has 1 amide bonds. The lowest BCUT2D eigenvalue weighted by Gasteiger charge is -2.22. The van der Waals surface area contributed by atoms with Crippen LogP contribution in [0, 0.1) is 12.7 Å². The number of methoxy groups -OCH3 is 1. The Hall–Kier alpha value is -2.67. The molecule has 3 rings (SSSR count). The maximum absolute atomic E-state index is 13.5. The van der Waals surface area contributed by atoms with Gasteiger partial charge < -0.3 is 19.8 Å².